The second-order valence-corrected chi connectivity index (χ2v) is 11.0. The summed E-state index contributed by atoms with van der Waals surface area (Å²) in [5, 5.41) is 0.880. The summed E-state index contributed by atoms with van der Waals surface area (Å²) in [7, 11) is -3.42. The van der Waals surface area contributed by atoms with Crippen molar-refractivity contribution in [3.8, 4) is 0 Å². The van der Waals surface area contributed by atoms with E-state index < -0.39 is 10.0 Å². The van der Waals surface area contributed by atoms with Gasteiger partial charge in [-0.05, 0) is 73.9 Å². The highest BCUT2D eigenvalue weighted by molar-refractivity contribution is 7.89. The summed E-state index contributed by atoms with van der Waals surface area (Å²) in [6, 6.07) is 20.2. The Morgan fingerprint density at radius 2 is 1.59 bits per heavy atom. The average molecular weight is 450 g/mol. The minimum atomic E-state index is -3.42. The number of fused-ring (bicyclic) bond motifs is 1. The Balaban J connectivity index is 1.28. The van der Waals surface area contributed by atoms with E-state index in [9.17, 15) is 8.42 Å². The highest BCUT2D eigenvalue weighted by atomic mass is 32.2. The van der Waals surface area contributed by atoms with Crippen molar-refractivity contribution in [2.45, 2.75) is 43.4 Å². The molecule has 2 aliphatic heterocycles. The van der Waals surface area contributed by atoms with Crippen molar-refractivity contribution in [2.75, 3.05) is 31.1 Å². The molecule has 0 N–H and O–H groups in total. The van der Waals surface area contributed by atoms with Crippen LogP contribution in [0, 0.1) is 5.92 Å². The van der Waals surface area contributed by atoms with Gasteiger partial charge in [0.2, 0.25) is 10.0 Å². The molecule has 5 rings (SSSR count). The molecule has 0 saturated carbocycles. The van der Waals surface area contributed by atoms with Gasteiger partial charge in [-0.15, -0.1) is 0 Å². The third kappa shape index (κ3) is 4.52. The predicted molar refractivity (Wildman–Crippen MR) is 129 cm³/mol. The molecule has 2 aliphatic rings. The van der Waals surface area contributed by atoms with E-state index in [-0.39, 0.29) is 0 Å². The number of pyridine rings is 1. The maximum Gasteiger partial charge on any atom is 0.243 e. The highest BCUT2D eigenvalue weighted by Crippen LogP contribution is 2.28. The molecule has 0 bridgehead atoms. The maximum absolute atomic E-state index is 13.0. The van der Waals surface area contributed by atoms with E-state index >= 15 is 0 Å². The Hall–Kier alpha value is -2.44. The summed E-state index contributed by atoms with van der Waals surface area (Å²) in [5.74, 6) is 1.71. The van der Waals surface area contributed by atoms with E-state index in [1.165, 1.54) is 18.4 Å². The first-order valence-corrected chi connectivity index (χ1v) is 13.2. The number of hydrogen-bond donors (Lipinski definition) is 0. The van der Waals surface area contributed by atoms with Gasteiger partial charge in [0, 0.05) is 31.6 Å². The molecule has 2 aromatic carbocycles. The van der Waals surface area contributed by atoms with Crippen molar-refractivity contribution in [3.05, 3.63) is 66.2 Å². The van der Waals surface area contributed by atoms with Gasteiger partial charge < -0.3 is 4.90 Å². The Morgan fingerprint density at radius 3 is 2.34 bits per heavy atom. The van der Waals surface area contributed by atoms with Gasteiger partial charge in [-0.1, -0.05) is 36.8 Å². The zero-order valence-electron chi connectivity index (χ0n) is 18.5. The standard InChI is InChI=1S/C26H31N3O2S/c30-32(31,29-15-5-2-6-16-29)24-10-11-25-23(20-24)9-12-26(27-25)28-17-13-22(14-18-28)19-21-7-3-1-4-8-21/h1,3-4,7-12,20,22H,2,5-6,13-19H2. The fourth-order valence-electron chi connectivity index (χ4n) is 5.00. The molecule has 2 fully saturated rings. The van der Waals surface area contributed by atoms with Gasteiger partial charge in [0.05, 0.1) is 10.4 Å². The summed E-state index contributed by atoms with van der Waals surface area (Å²) < 4.78 is 27.6. The summed E-state index contributed by atoms with van der Waals surface area (Å²) in [4.78, 5) is 7.60. The highest BCUT2D eigenvalue weighted by Gasteiger charge is 2.26. The molecule has 6 heteroatoms. The zero-order chi connectivity index (χ0) is 22.0. The summed E-state index contributed by atoms with van der Waals surface area (Å²) >= 11 is 0. The second-order valence-electron chi connectivity index (χ2n) is 9.11. The lowest BCUT2D eigenvalue weighted by Crippen LogP contribution is -2.35. The van der Waals surface area contributed by atoms with E-state index in [1.807, 2.05) is 18.2 Å². The first kappa shape index (κ1) is 21.4. The number of aromatic nitrogens is 1. The second kappa shape index (κ2) is 9.20. The van der Waals surface area contributed by atoms with Crippen molar-refractivity contribution in [1.82, 2.24) is 9.29 Å². The van der Waals surface area contributed by atoms with Crippen LogP contribution >= 0.6 is 0 Å². The topological polar surface area (TPSA) is 53.5 Å². The van der Waals surface area contributed by atoms with Crippen molar-refractivity contribution in [3.63, 3.8) is 0 Å². The van der Waals surface area contributed by atoms with E-state index in [0.717, 1.165) is 61.4 Å². The number of hydrogen-bond acceptors (Lipinski definition) is 4. The summed E-state index contributed by atoms with van der Waals surface area (Å²) in [6.07, 6.45) is 6.48. The van der Waals surface area contributed by atoms with Gasteiger partial charge in [0.1, 0.15) is 5.82 Å². The molecular formula is C26H31N3O2S. The Labute approximate surface area is 191 Å². The molecule has 32 heavy (non-hydrogen) atoms. The van der Waals surface area contributed by atoms with Gasteiger partial charge in [0.15, 0.2) is 0 Å². The number of piperidine rings is 2. The van der Waals surface area contributed by atoms with E-state index in [0.29, 0.717) is 18.0 Å². The summed E-state index contributed by atoms with van der Waals surface area (Å²) in [6.45, 7) is 3.27. The minimum absolute atomic E-state index is 0.378. The van der Waals surface area contributed by atoms with E-state index in [2.05, 4.69) is 35.2 Å². The Kier molecular flexibility index (Phi) is 6.15. The molecule has 0 atom stereocenters. The van der Waals surface area contributed by atoms with Crippen LogP contribution in [0.5, 0.6) is 0 Å². The molecular weight excluding hydrogens is 418 g/mol. The van der Waals surface area contributed by atoms with Gasteiger partial charge in [0.25, 0.3) is 0 Å². The van der Waals surface area contributed by atoms with Gasteiger partial charge in [-0.3, -0.25) is 0 Å². The van der Waals surface area contributed by atoms with Gasteiger partial charge in [-0.25, -0.2) is 13.4 Å². The lowest BCUT2D eigenvalue weighted by molar-refractivity contribution is 0.346. The monoisotopic (exact) mass is 449 g/mol. The van der Waals surface area contributed by atoms with Crippen LogP contribution in [0.4, 0.5) is 5.82 Å². The molecule has 3 heterocycles. The molecule has 0 spiro atoms. The molecule has 0 unspecified atom stereocenters. The van der Waals surface area contributed by atoms with E-state index in [1.54, 1.807) is 16.4 Å². The van der Waals surface area contributed by atoms with Crippen LogP contribution in [0.3, 0.4) is 0 Å². The number of rotatable bonds is 5. The molecule has 0 amide bonds. The minimum Gasteiger partial charge on any atom is -0.357 e. The first-order chi connectivity index (χ1) is 15.6. The number of sulfonamides is 1. The maximum atomic E-state index is 13.0. The quantitative estimate of drug-likeness (QED) is 0.558. The van der Waals surface area contributed by atoms with Crippen LogP contribution in [0.2, 0.25) is 0 Å². The van der Waals surface area contributed by atoms with Crippen LogP contribution in [0.25, 0.3) is 10.9 Å². The van der Waals surface area contributed by atoms with Gasteiger partial charge in [-0.2, -0.15) is 4.31 Å². The zero-order valence-corrected chi connectivity index (χ0v) is 19.3. The average Bonchev–Trinajstić information content (AvgIpc) is 2.85. The molecule has 168 valence electrons. The molecule has 0 aliphatic carbocycles. The normalized spacial score (nSPS) is 18.8. The number of nitrogens with zero attached hydrogens (tertiary/aromatic N) is 3. The lowest BCUT2D eigenvalue weighted by Gasteiger charge is -2.33. The van der Waals surface area contributed by atoms with Crippen molar-refractivity contribution >= 4 is 26.7 Å². The molecule has 3 aromatic rings. The summed E-state index contributed by atoms with van der Waals surface area (Å²) in [5.41, 5.74) is 2.27. The third-order valence-corrected chi connectivity index (χ3v) is 8.80. The SMILES string of the molecule is O=S(=O)(c1ccc2nc(N3CCC(Cc4ccccc4)CC3)ccc2c1)N1CCCCC1. The lowest BCUT2D eigenvalue weighted by atomic mass is 9.90. The van der Waals surface area contributed by atoms with Crippen molar-refractivity contribution < 1.29 is 8.42 Å². The first-order valence-electron chi connectivity index (χ1n) is 11.8. The van der Waals surface area contributed by atoms with Crippen LogP contribution in [0.1, 0.15) is 37.7 Å². The van der Waals surface area contributed by atoms with Crippen molar-refractivity contribution in [1.29, 1.82) is 0 Å². The van der Waals surface area contributed by atoms with E-state index in [4.69, 9.17) is 4.98 Å². The Morgan fingerprint density at radius 1 is 0.844 bits per heavy atom. The fourth-order valence-corrected chi connectivity index (χ4v) is 6.55. The molecule has 1 aromatic heterocycles. The van der Waals surface area contributed by atoms with Crippen LogP contribution in [-0.2, 0) is 16.4 Å². The fraction of sp³-hybridized carbons (Fsp3) is 0.423. The van der Waals surface area contributed by atoms with Gasteiger partial charge >= 0.3 is 0 Å². The van der Waals surface area contributed by atoms with Crippen LogP contribution in [0.15, 0.2) is 65.6 Å². The Bertz CT molecular complexity index is 1170. The largest absolute Gasteiger partial charge is 0.357 e. The smallest absolute Gasteiger partial charge is 0.243 e. The van der Waals surface area contributed by atoms with Crippen LogP contribution in [-0.4, -0.2) is 43.9 Å². The number of anilines is 1. The molecule has 2 saturated heterocycles. The predicted octanol–water partition coefficient (Wildman–Crippen LogP) is 4.87. The molecule has 0 radical (unpaired) electrons. The molecule has 5 nitrogen and oxygen atoms in total. The van der Waals surface area contributed by atoms with Crippen molar-refractivity contribution in [2.24, 2.45) is 5.92 Å². The number of benzene rings is 2. The third-order valence-electron chi connectivity index (χ3n) is 6.90. The van der Waals surface area contributed by atoms with Crippen LogP contribution < -0.4 is 4.90 Å².